The second-order valence-electron chi connectivity index (χ2n) is 7.97. The Morgan fingerprint density at radius 2 is 1.06 bits per heavy atom. The van der Waals surface area contributed by atoms with Gasteiger partial charge < -0.3 is 8.61 Å². The normalized spacial score (nSPS) is 18.2. The second-order valence-corrected chi connectivity index (χ2v) is 11.5. The van der Waals surface area contributed by atoms with Crippen molar-refractivity contribution in [2.75, 3.05) is 26.7 Å². The number of hydrogen-bond acceptors (Lipinski definition) is 4. The van der Waals surface area contributed by atoms with E-state index in [-0.39, 0.29) is 0 Å². The maximum Gasteiger partial charge on any atom is 0.467 e. The standard InChI is InChI=1S/C12H26N.C4F10NO4S2/c1-3-4-5-7-10-13(2)11-8-6-9-12-13;5-1(6,7)3(11,12)20(16,17)15-21(18,19)4(13,14)2(8,9)10/h3-12H2,1-2H3;/q+1;-1. The Balaban J connectivity index is 0.000000712. The molecule has 1 fully saturated rings. The third kappa shape index (κ3) is 8.36. The number of unbranched alkanes of at least 4 members (excludes halogenated alkanes) is 3. The zero-order valence-electron chi connectivity index (χ0n) is 18.2. The lowest BCUT2D eigenvalue weighted by Crippen LogP contribution is -2.48. The summed E-state index contributed by atoms with van der Waals surface area (Å²) in [4.78, 5) is 0. The van der Waals surface area contributed by atoms with E-state index < -0.39 is 42.9 Å². The monoisotopic (exact) mass is 564 g/mol. The average molecular weight is 565 g/mol. The van der Waals surface area contributed by atoms with E-state index in [1.165, 1.54) is 69.1 Å². The van der Waals surface area contributed by atoms with Gasteiger partial charge >= 0.3 is 22.9 Å². The first-order valence-corrected chi connectivity index (χ1v) is 12.8. The van der Waals surface area contributed by atoms with Crippen LogP contribution < -0.4 is 0 Å². The topological polar surface area (TPSA) is 82.4 Å². The molecule has 0 N–H and O–H groups in total. The van der Waals surface area contributed by atoms with E-state index in [2.05, 4.69) is 14.0 Å². The van der Waals surface area contributed by atoms with Crippen molar-refractivity contribution in [2.45, 2.75) is 74.7 Å². The van der Waals surface area contributed by atoms with Crippen LogP contribution >= 0.6 is 0 Å². The lowest BCUT2D eigenvalue weighted by atomic mass is 10.1. The van der Waals surface area contributed by atoms with Gasteiger partial charge in [0.05, 0.1) is 26.7 Å². The van der Waals surface area contributed by atoms with Crippen LogP contribution in [0.4, 0.5) is 43.9 Å². The van der Waals surface area contributed by atoms with Crippen LogP contribution in [0.2, 0.25) is 0 Å². The van der Waals surface area contributed by atoms with Gasteiger partial charge in [-0.3, -0.25) is 0 Å². The van der Waals surface area contributed by atoms with Gasteiger partial charge in [0, 0.05) is 0 Å². The molecular formula is C16H26F10N2O4S2. The number of piperidine rings is 1. The Kier molecular flexibility index (Phi) is 11.2. The number of rotatable bonds is 9. The quantitative estimate of drug-likeness (QED) is 0.210. The molecule has 0 radical (unpaired) electrons. The minimum absolute atomic E-state index is 0.422. The number of hydrogen-bond donors (Lipinski definition) is 0. The molecular weight excluding hydrogens is 538 g/mol. The molecule has 0 aromatic heterocycles. The molecule has 0 saturated carbocycles. The van der Waals surface area contributed by atoms with Crippen LogP contribution in [0.5, 0.6) is 0 Å². The van der Waals surface area contributed by atoms with Gasteiger partial charge in [0.15, 0.2) is 20.0 Å². The van der Waals surface area contributed by atoms with Gasteiger partial charge in [0.2, 0.25) is 0 Å². The summed E-state index contributed by atoms with van der Waals surface area (Å²) in [6.45, 7) is 6.59. The van der Waals surface area contributed by atoms with Crippen LogP contribution in [0.3, 0.4) is 0 Å². The first-order chi connectivity index (χ1) is 15.0. The molecule has 1 aliphatic rings. The Morgan fingerprint density at radius 3 is 1.38 bits per heavy atom. The van der Waals surface area contributed by atoms with Gasteiger partial charge in [-0.25, -0.2) is 16.8 Å². The van der Waals surface area contributed by atoms with Gasteiger partial charge in [-0.2, -0.15) is 43.9 Å². The summed E-state index contributed by atoms with van der Waals surface area (Å²) in [6.07, 6.45) is -3.91. The molecule has 34 heavy (non-hydrogen) atoms. The lowest BCUT2D eigenvalue weighted by Gasteiger charge is -2.37. The van der Waals surface area contributed by atoms with E-state index in [1.807, 2.05) is 0 Å². The lowest BCUT2D eigenvalue weighted by molar-refractivity contribution is -0.914. The summed E-state index contributed by atoms with van der Waals surface area (Å²) >= 11 is 0. The zero-order chi connectivity index (χ0) is 27.3. The second kappa shape index (κ2) is 11.5. The highest BCUT2D eigenvalue weighted by molar-refractivity contribution is 8.13. The Hall–Kier alpha value is -0.880. The molecule has 18 heteroatoms. The number of nitrogens with zero attached hydrogens (tertiary/aromatic N) is 2. The first kappa shape index (κ1) is 33.1. The van der Waals surface area contributed by atoms with Crippen molar-refractivity contribution in [1.82, 2.24) is 0 Å². The molecule has 0 aliphatic carbocycles. The Labute approximate surface area is 191 Å². The fourth-order valence-corrected chi connectivity index (χ4v) is 5.30. The summed E-state index contributed by atoms with van der Waals surface area (Å²) in [5, 5.41) is -14.0. The highest BCUT2D eigenvalue weighted by Crippen LogP contribution is 2.47. The van der Waals surface area contributed by atoms with Gasteiger partial charge in [-0.1, -0.05) is 19.8 Å². The molecule has 0 bridgehead atoms. The third-order valence-electron chi connectivity index (χ3n) is 4.95. The summed E-state index contributed by atoms with van der Waals surface area (Å²) < 4.78 is 162. The summed E-state index contributed by atoms with van der Waals surface area (Å²) in [7, 11) is -12.8. The third-order valence-corrected chi connectivity index (χ3v) is 8.28. The molecule has 0 aromatic rings. The van der Waals surface area contributed by atoms with Crippen LogP contribution in [0.1, 0.15) is 51.9 Å². The summed E-state index contributed by atoms with van der Waals surface area (Å²) in [5.74, 6) is 0. The molecule has 1 rings (SSSR count). The SMILES string of the molecule is CCCCCC[N+]1(C)CCCCC1.O=S(=O)([N-]S(=O)(=O)C(F)(F)C(F)(F)F)C(F)(F)C(F)(F)F. The maximum atomic E-state index is 12.3. The fourth-order valence-electron chi connectivity index (χ4n) is 2.93. The number of halogens is 10. The van der Waals surface area contributed by atoms with E-state index >= 15 is 0 Å². The van der Waals surface area contributed by atoms with Gasteiger partial charge in [0.1, 0.15) is 0 Å². The molecule has 0 aromatic carbocycles. The molecule has 0 unspecified atom stereocenters. The molecule has 1 heterocycles. The smallest absolute Gasteiger partial charge is 0.425 e. The molecule has 1 aliphatic heterocycles. The van der Waals surface area contributed by atoms with Crippen molar-refractivity contribution in [3.05, 3.63) is 4.13 Å². The Morgan fingerprint density at radius 1 is 0.676 bits per heavy atom. The van der Waals surface area contributed by atoms with Crippen molar-refractivity contribution >= 4 is 20.0 Å². The highest BCUT2D eigenvalue weighted by atomic mass is 32.3. The van der Waals surface area contributed by atoms with Crippen molar-refractivity contribution < 1.29 is 65.2 Å². The van der Waals surface area contributed by atoms with E-state index in [0.29, 0.717) is 4.13 Å². The van der Waals surface area contributed by atoms with Gasteiger partial charge in [-0.05, 0) is 32.1 Å². The highest BCUT2D eigenvalue weighted by Gasteiger charge is 2.68. The first-order valence-electron chi connectivity index (χ1n) is 9.93. The fraction of sp³-hybridized carbons (Fsp3) is 1.00. The molecule has 1 saturated heterocycles. The summed E-state index contributed by atoms with van der Waals surface area (Å²) in [6, 6.07) is 0. The van der Waals surface area contributed by atoms with Crippen molar-refractivity contribution in [3.8, 4) is 0 Å². The number of alkyl halides is 10. The van der Waals surface area contributed by atoms with E-state index in [4.69, 9.17) is 0 Å². The molecule has 6 nitrogen and oxygen atoms in total. The molecule has 0 spiro atoms. The van der Waals surface area contributed by atoms with Crippen molar-refractivity contribution in [3.63, 3.8) is 0 Å². The predicted molar refractivity (Wildman–Crippen MR) is 102 cm³/mol. The maximum absolute atomic E-state index is 12.3. The number of quaternary nitrogens is 1. The minimum atomic E-state index is -7.62. The molecule has 0 atom stereocenters. The molecule has 0 amide bonds. The number of sulfonamides is 2. The average Bonchev–Trinajstić information content (AvgIpc) is 2.63. The summed E-state index contributed by atoms with van der Waals surface area (Å²) in [5.41, 5.74) is 0. The van der Waals surface area contributed by atoms with Crippen LogP contribution in [0, 0.1) is 0 Å². The van der Waals surface area contributed by atoms with Crippen LogP contribution in [0.15, 0.2) is 0 Å². The van der Waals surface area contributed by atoms with Crippen molar-refractivity contribution in [2.24, 2.45) is 0 Å². The largest absolute Gasteiger partial charge is 0.467 e. The van der Waals surface area contributed by atoms with E-state index in [0.717, 1.165) is 0 Å². The van der Waals surface area contributed by atoms with Crippen LogP contribution in [0.25, 0.3) is 4.13 Å². The van der Waals surface area contributed by atoms with E-state index in [9.17, 15) is 60.7 Å². The van der Waals surface area contributed by atoms with Crippen molar-refractivity contribution in [1.29, 1.82) is 0 Å². The van der Waals surface area contributed by atoms with Gasteiger partial charge in [-0.15, -0.1) is 0 Å². The Bertz CT molecular complexity index is 796. The zero-order valence-corrected chi connectivity index (χ0v) is 19.8. The minimum Gasteiger partial charge on any atom is -0.425 e. The van der Waals surface area contributed by atoms with Crippen LogP contribution in [-0.4, -0.2) is 70.9 Å². The molecule has 206 valence electrons. The predicted octanol–water partition coefficient (Wildman–Crippen LogP) is 5.53. The van der Waals surface area contributed by atoms with E-state index in [1.54, 1.807) is 0 Å². The number of likely N-dealkylation sites (tertiary alicyclic amines) is 1. The van der Waals surface area contributed by atoms with Gasteiger partial charge in [0.25, 0.3) is 0 Å². The van der Waals surface area contributed by atoms with Crippen LogP contribution in [-0.2, 0) is 20.0 Å².